The van der Waals surface area contributed by atoms with Crippen LogP contribution in [0.25, 0.3) is 0 Å². The van der Waals surface area contributed by atoms with Crippen LogP contribution in [0.1, 0.15) is 50.1 Å². The quantitative estimate of drug-likeness (QED) is 0.523. The van der Waals surface area contributed by atoms with Crippen LogP contribution in [0.2, 0.25) is 0 Å². The fourth-order valence-corrected chi connectivity index (χ4v) is 3.91. The number of carboxylic acid groups (broad SMARTS) is 1. The van der Waals surface area contributed by atoms with Crippen molar-refractivity contribution in [2.24, 2.45) is 0 Å². The molecule has 1 unspecified atom stereocenters. The molecule has 1 fully saturated rings. The molecule has 1 saturated heterocycles. The summed E-state index contributed by atoms with van der Waals surface area (Å²) in [5.41, 5.74) is 1.99. The highest BCUT2D eigenvalue weighted by Crippen LogP contribution is 2.35. The number of hydrogen-bond donors (Lipinski definition) is 1. The van der Waals surface area contributed by atoms with Crippen LogP contribution >= 0.6 is 0 Å². The summed E-state index contributed by atoms with van der Waals surface area (Å²) in [5, 5.41) is 8.70. The van der Waals surface area contributed by atoms with Crippen LogP contribution in [0, 0.1) is 0 Å². The SMILES string of the molecule is COc1ccc(N2C(=O)N(CCCCCCCC(=O)O)CC2c2ccccc2)cc1. The van der Waals surface area contributed by atoms with Crippen LogP contribution in [0.4, 0.5) is 10.5 Å². The first-order valence-corrected chi connectivity index (χ1v) is 10.6. The monoisotopic (exact) mass is 410 g/mol. The van der Waals surface area contributed by atoms with Gasteiger partial charge in [-0.05, 0) is 42.7 Å². The van der Waals surface area contributed by atoms with Gasteiger partial charge in [-0.25, -0.2) is 4.79 Å². The second kappa shape index (κ2) is 10.7. The maximum atomic E-state index is 13.2. The second-order valence-corrected chi connectivity index (χ2v) is 7.63. The highest BCUT2D eigenvalue weighted by molar-refractivity contribution is 5.95. The average Bonchev–Trinajstić information content (AvgIpc) is 3.09. The Bertz CT molecular complexity index is 823. The fourth-order valence-electron chi connectivity index (χ4n) is 3.91. The molecule has 0 saturated carbocycles. The molecule has 160 valence electrons. The lowest BCUT2D eigenvalue weighted by Crippen LogP contribution is -2.33. The van der Waals surface area contributed by atoms with E-state index in [1.54, 1.807) is 7.11 Å². The van der Waals surface area contributed by atoms with Gasteiger partial charge in [-0.3, -0.25) is 9.69 Å². The molecule has 1 atom stereocenters. The maximum Gasteiger partial charge on any atom is 0.325 e. The minimum Gasteiger partial charge on any atom is -0.497 e. The third kappa shape index (κ3) is 5.53. The van der Waals surface area contributed by atoms with Crippen LogP contribution in [0.3, 0.4) is 0 Å². The van der Waals surface area contributed by atoms with Gasteiger partial charge in [-0.2, -0.15) is 0 Å². The smallest absolute Gasteiger partial charge is 0.325 e. The lowest BCUT2D eigenvalue weighted by atomic mass is 10.1. The van der Waals surface area contributed by atoms with Crippen molar-refractivity contribution in [2.45, 2.75) is 44.6 Å². The van der Waals surface area contributed by atoms with E-state index >= 15 is 0 Å². The Morgan fingerprint density at radius 3 is 2.33 bits per heavy atom. The van der Waals surface area contributed by atoms with E-state index in [4.69, 9.17) is 9.84 Å². The molecule has 0 bridgehead atoms. The molecule has 6 heteroatoms. The number of rotatable bonds is 11. The molecule has 2 aromatic rings. The Hall–Kier alpha value is -3.02. The molecule has 1 aliphatic rings. The molecule has 6 nitrogen and oxygen atoms in total. The largest absolute Gasteiger partial charge is 0.497 e. The van der Waals surface area contributed by atoms with Crippen LogP contribution < -0.4 is 9.64 Å². The van der Waals surface area contributed by atoms with E-state index in [1.807, 2.05) is 52.3 Å². The Balaban J connectivity index is 1.63. The van der Waals surface area contributed by atoms with Crippen molar-refractivity contribution >= 4 is 17.7 Å². The van der Waals surface area contributed by atoms with E-state index in [-0.39, 0.29) is 18.5 Å². The second-order valence-electron chi connectivity index (χ2n) is 7.63. The molecule has 1 heterocycles. The predicted octanol–water partition coefficient (Wildman–Crippen LogP) is 5.10. The highest BCUT2D eigenvalue weighted by Gasteiger charge is 2.38. The van der Waals surface area contributed by atoms with Crippen molar-refractivity contribution in [3.05, 3.63) is 60.2 Å². The van der Waals surface area contributed by atoms with Gasteiger partial charge >= 0.3 is 12.0 Å². The van der Waals surface area contributed by atoms with E-state index in [9.17, 15) is 9.59 Å². The maximum absolute atomic E-state index is 13.2. The number of carbonyl (C=O) groups is 2. The number of anilines is 1. The van der Waals surface area contributed by atoms with Crippen molar-refractivity contribution in [1.82, 2.24) is 4.90 Å². The number of hydrogen-bond acceptors (Lipinski definition) is 3. The van der Waals surface area contributed by atoms with Gasteiger partial charge in [0.25, 0.3) is 0 Å². The number of ether oxygens (including phenoxy) is 1. The number of carbonyl (C=O) groups excluding carboxylic acids is 1. The van der Waals surface area contributed by atoms with E-state index in [0.29, 0.717) is 13.1 Å². The van der Waals surface area contributed by atoms with Gasteiger partial charge < -0.3 is 14.7 Å². The molecule has 0 aromatic heterocycles. The zero-order valence-electron chi connectivity index (χ0n) is 17.5. The molecular weight excluding hydrogens is 380 g/mol. The van der Waals surface area contributed by atoms with Crippen molar-refractivity contribution < 1.29 is 19.4 Å². The van der Waals surface area contributed by atoms with Gasteiger partial charge in [0.15, 0.2) is 0 Å². The van der Waals surface area contributed by atoms with Gasteiger partial charge in [0.05, 0.1) is 13.2 Å². The van der Waals surface area contributed by atoms with Gasteiger partial charge in [0, 0.05) is 25.2 Å². The first kappa shape index (κ1) is 21.7. The summed E-state index contributed by atoms with van der Waals surface area (Å²) in [4.78, 5) is 27.6. The Kier molecular flexibility index (Phi) is 7.71. The van der Waals surface area contributed by atoms with Crippen molar-refractivity contribution in [1.29, 1.82) is 0 Å². The van der Waals surface area contributed by atoms with Gasteiger partial charge in [-0.1, -0.05) is 49.6 Å². The number of amides is 2. The van der Waals surface area contributed by atoms with Crippen molar-refractivity contribution in [3.63, 3.8) is 0 Å². The number of methoxy groups -OCH3 is 1. The summed E-state index contributed by atoms with van der Waals surface area (Å²) in [6.45, 7) is 1.38. The van der Waals surface area contributed by atoms with Gasteiger partial charge in [-0.15, -0.1) is 0 Å². The average molecular weight is 411 g/mol. The van der Waals surface area contributed by atoms with Crippen LogP contribution in [-0.4, -0.2) is 42.2 Å². The molecule has 30 heavy (non-hydrogen) atoms. The van der Waals surface area contributed by atoms with Crippen LogP contribution in [0.5, 0.6) is 5.75 Å². The summed E-state index contributed by atoms with van der Waals surface area (Å²) in [5.74, 6) is 0.0321. The van der Waals surface area contributed by atoms with Crippen molar-refractivity contribution in [3.8, 4) is 5.75 Å². The van der Waals surface area contributed by atoms with Gasteiger partial charge in [0.1, 0.15) is 5.75 Å². The first-order chi connectivity index (χ1) is 14.6. The van der Waals surface area contributed by atoms with E-state index in [2.05, 4.69) is 12.1 Å². The molecule has 1 N–H and O–H groups in total. The molecular formula is C24H30N2O4. The standard InChI is InChI=1S/C24H30N2O4/c1-30-21-15-13-20(14-16-21)26-22(19-10-6-5-7-11-19)18-25(24(26)29)17-9-4-2-3-8-12-23(27)28/h5-7,10-11,13-16,22H,2-4,8-9,12,17-18H2,1H3,(H,27,28). The number of benzene rings is 2. The van der Waals surface area contributed by atoms with E-state index < -0.39 is 5.97 Å². The summed E-state index contributed by atoms with van der Waals surface area (Å²) in [6.07, 6.45) is 4.81. The molecule has 2 amide bonds. The number of nitrogens with zero attached hydrogens (tertiary/aromatic N) is 2. The fraction of sp³-hybridized carbons (Fsp3) is 0.417. The van der Waals surface area contributed by atoms with E-state index in [0.717, 1.165) is 49.1 Å². The predicted molar refractivity (Wildman–Crippen MR) is 117 cm³/mol. The zero-order valence-corrected chi connectivity index (χ0v) is 17.5. The Labute approximate surface area is 178 Å². The Morgan fingerprint density at radius 1 is 1.00 bits per heavy atom. The minimum atomic E-state index is -0.733. The number of aliphatic carboxylic acids is 1. The first-order valence-electron chi connectivity index (χ1n) is 10.6. The van der Waals surface area contributed by atoms with E-state index in [1.165, 1.54) is 0 Å². The lowest BCUT2D eigenvalue weighted by Gasteiger charge is -2.24. The zero-order chi connectivity index (χ0) is 21.3. The highest BCUT2D eigenvalue weighted by atomic mass is 16.5. The molecule has 0 aliphatic carbocycles. The third-order valence-electron chi connectivity index (χ3n) is 5.54. The number of carboxylic acids is 1. The van der Waals surface area contributed by atoms with Crippen LogP contribution in [-0.2, 0) is 4.79 Å². The minimum absolute atomic E-state index is 0.0253. The molecule has 0 spiro atoms. The summed E-state index contributed by atoms with van der Waals surface area (Å²) < 4.78 is 5.25. The number of unbranched alkanes of at least 4 members (excludes halogenated alkanes) is 4. The topological polar surface area (TPSA) is 70.1 Å². The summed E-state index contributed by atoms with van der Waals surface area (Å²) in [6, 6.07) is 17.8. The summed E-state index contributed by atoms with van der Waals surface area (Å²) >= 11 is 0. The Morgan fingerprint density at radius 2 is 1.67 bits per heavy atom. The molecule has 0 radical (unpaired) electrons. The molecule has 3 rings (SSSR count). The van der Waals surface area contributed by atoms with Crippen molar-refractivity contribution in [2.75, 3.05) is 25.1 Å². The molecule has 1 aliphatic heterocycles. The normalized spacial score (nSPS) is 16.2. The number of urea groups is 1. The molecule has 2 aromatic carbocycles. The third-order valence-corrected chi connectivity index (χ3v) is 5.54. The van der Waals surface area contributed by atoms with Gasteiger partial charge in [0.2, 0.25) is 0 Å². The van der Waals surface area contributed by atoms with Crippen LogP contribution in [0.15, 0.2) is 54.6 Å². The lowest BCUT2D eigenvalue weighted by molar-refractivity contribution is -0.137. The summed E-state index contributed by atoms with van der Waals surface area (Å²) in [7, 11) is 1.63.